The SMILES string of the molecule is CCC(CC)NC(C)(C)C(C)Cl. The van der Waals surface area contributed by atoms with Crippen LogP contribution in [0.15, 0.2) is 0 Å². The number of alkyl halides is 1. The summed E-state index contributed by atoms with van der Waals surface area (Å²) in [5, 5.41) is 3.73. The van der Waals surface area contributed by atoms with Crippen molar-refractivity contribution in [3.63, 3.8) is 0 Å². The summed E-state index contributed by atoms with van der Waals surface area (Å²) < 4.78 is 0. The molecule has 74 valence electrons. The van der Waals surface area contributed by atoms with Crippen LogP contribution in [-0.4, -0.2) is 17.0 Å². The third kappa shape index (κ3) is 3.77. The summed E-state index contributed by atoms with van der Waals surface area (Å²) in [6, 6.07) is 0.598. The van der Waals surface area contributed by atoms with Gasteiger partial charge in [0.1, 0.15) is 0 Å². The molecule has 0 heterocycles. The smallest absolute Gasteiger partial charge is 0.0484 e. The van der Waals surface area contributed by atoms with Crippen molar-refractivity contribution < 1.29 is 0 Å². The van der Waals surface area contributed by atoms with Gasteiger partial charge in [0.15, 0.2) is 0 Å². The average Bonchev–Trinajstić information content (AvgIpc) is 2.00. The minimum Gasteiger partial charge on any atom is -0.308 e. The van der Waals surface area contributed by atoms with Crippen LogP contribution in [0.1, 0.15) is 47.5 Å². The lowest BCUT2D eigenvalue weighted by Crippen LogP contribution is -2.50. The highest BCUT2D eigenvalue weighted by Crippen LogP contribution is 2.16. The van der Waals surface area contributed by atoms with Gasteiger partial charge >= 0.3 is 0 Å². The molecule has 0 spiro atoms. The summed E-state index contributed by atoms with van der Waals surface area (Å²) in [7, 11) is 0. The van der Waals surface area contributed by atoms with Crippen LogP contribution in [-0.2, 0) is 0 Å². The van der Waals surface area contributed by atoms with E-state index in [1.165, 1.54) is 12.8 Å². The lowest BCUT2D eigenvalue weighted by molar-refractivity contribution is 0.317. The van der Waals surface area contributed by atoms with Crippen LogP contribution in [0.3, 0.4) is 0 Å². The Bertz CT molecular complexity index is 117. The van der Waals surface area contributed by atoms with E-state index in [0.717, 1.165) is 0 Å². The summed E-state index contributed by atoms with van der Waals surface area (Å²) in [5.41, 5.74) is 0.0399. The van der Waals surface area contributed by atoms with Gasteiger partial charge in [-0.05, 0) is 33.6 Å². The molecule has 1 atom stereocenters. The molecule has 1 nitrogen and oxygen atoms in total. The normalized spacial score (nSPS) is 15.2. The number of hydrogen-bond donors (Lipinski definition) is 1. The molecule has 0 rings (SSSR count). The first kappa shape index (κ1) is 12.2. The molecular weight excluding hydrogens is 170 g/mol. The van der Waals surface area contributed by atoms with E-state index < -0.39 is 0 Å². The molecule has 0 radical (unpaired) electrons. The Hall–Kier alpha value is 0.250. The second kappa shape index (κ2) is 5.08. The maximum Gasteiger partial charge on any atom is 0.0484 e. The Morgan fingerprint density at radius 1 is 1.25 bits per heavy atom. The van der Waals surface area contributed by atoms with E-state index in [9.17, 15) is 0 Å². The third-order valence-corrected chi connectivity index (χ3v) is 3.10. The predicted molar refractivity (Wildman–Crippen MR) is 56.9 cm³/mol. The minimum absolute atomic E-state index is 0.0399. The van der Waals surface area contributed by atoms with E-state index in [0.29, 0.717) is 6.04 Å². The molecule has 0 aromatic carbocycles. The Morgan fingerprint density at radius 2 is 1.67 bits per heavy atom. The Morgan fingerprint density at radius 3 is 1.92 bits per heavy atom. The van der Waals surface area contributed by atoms with Crippen molar-refractivity contribution in [3.8, 4) is 0 Å². The molecule has 0 aliphatic heterocycles. The first-order valence-corrected chi connectivity index (χ1v) is 5.29. The highest BCUT2D eigenvalue weighted by Gasteiger charge is 2.25. The highest BCUT2D eigenvalue weighted by atomic mass is 35.5. The van der Waals surface area contributed by atoms with Crippen molar-refractivity contribution in [1.82, 2.24) is 5.32 Å². The largest absolute Gasteiger partial charge is 0.308 e. The number of hydrogen-bond acceptors (Lipinski definition) is 1. The standard InChI is InChI=1S/C10H22ClN/c1-6-9(7-2)12-10(4,5)8(3)11/h8-9,12H,6-7H2,1-5H3. The summed E-state index contributed by atoms with van der Waals surface area (Å²) in [4.78, 5) is 0. The molecular formula is C10H22ClN. The van der Waals surface area contributed by atoms with Crippen LogP contribution in [0.4, 0.5) is 0 Å². The molecule has 0 bridgehead atoms. The van der Waals surface area contributed by atoms with E-state index in [1.54, 1.807) is 0 Å². The van der Waals surface area contributed by atoms with Gasteiger partial charge in [-0.2, -0.15) is 0 Å². The van der Waals surface area contributed by atoms with E-state index in [-0.39, 0.29) is 10.9 Å². The molecule has 0 saturated carbocycles. The fraction of sp³-hybridized carbons (Fsp3) is 1.00. The Balaban J connectivity index is 4.02. The van der Waals surface area contributed by atoms with E-state index in [2.05, 4.69) is 33.0 Å². The zero-order valence-electron chi connectivity index (χ0n) is 8.95. The first-order valence-electron chi connectivity index (χ1n) is 4.85. The highest BCUT2D eigenvalue weighted by molar-refractivity contribution is 6.21. The maximum atomic E-state index is 6.06. The van der Waals surface area contributed by atoms with Gasteiger partial charge in [0.05, 0.1) is 0 Å². The molecule has 2 heteroatoms. The van der Waals surface area contributed by atoms with Gasteiger partial charge in [-0.15, -0.1) is 11.6 Å². The minimum atomic E-state index is 0.0399. The molecule has 0 aliphatic rings. The van der Waals surface area contributed by atoms with Gasteiger partial charge in [0.25, 0.3) is 0 Å². The molecule has 1 N–H and O–H groups in total. The maximum absolute atomic E-state index is 6.06. The zero-order chi connectivity index (χ0) is 9.78. The predicted octanol–water partition coefficient (Wildman–Crippen LogP) is 3.17. The van der Waals surface area contributed by atoms with Crippen LogP contribution in [0.2, 0.25) is 0 Å². The molecule has 1 unspecified atom stereocenters. The Labute approximate surface area is 81.9 Å². The topological polar surface area (TPSA) is 12.0 Å². The summed E-state index contributed by atoms with van der Waals surface area (Å²) in [6.45, 7) is 10.8. The molecule has 0 saturated heterocycles. The van der Waals surface area contributed by atoms with Crippen molar-refractivity contribution in [2.45, 2.75) is 64.4 Å². The number of halogens is 1. The first-order chi connectivity index (χ1) is 5.44. The second-order valence-electron chi connectivity index (χ2n) is 4.00. The van der Waals surface area contributed by atoms with Crippen molar-refractivity contribution in [1.29, 1.82) is 0 Å². The van der Waals surface area contributed by atoms with Crippen molar-refractivity contribution >= 4 is 11.6 Å². The van der Waals surface area contributed by atoms with Gasteiger partial charge in [-0.1, -0.05) is 13.8 Å². The van der Waals surface area contributed by atoms with Crippen LogP contribution in [0, 0.1) is 0 Å². The van der Waals surface area contributed by atoms with Crippen LogP contribution in [0.5, 0.6) is 0 Å². The van der Waals surface area contributed by atoms with Crippen LogP contribution in [0.25, 0.3) is 0 Å². The fourth-order valence-corrected chi connectivity index (χ4v) is 1.20. The average molecular weight is 192 g/mol. The quantitative estimate of drug-likeness (QED) is 0.659. The monoisotopic (exact) mass is 191 g/mol. The molecule has 0 aliphatic carbocycles. The lowest BCUT2D eigenvalue weighted by atomic mass is 9.98. The Kier molecular flexibility index (Phi) is 5.19. The van der Waals surface area contributed by atoms with Crippen LogP contribution < -0.4 is 5.32 Å². The molecule has 0 fully saturated rings. The summed E-state index contributed by atoms with van der Waals surface area (Å²) in [6.07, 6.45) is 2.34. The van der Waals surface area contributed by atoms with Crippen molar-refractivity contribution in [3.05, 3.63) is 0 Å². The van der Waals surface area contributed by atoms with E-state index in [4.69, 9.17) is 11.6 Å². The molecule has 12 heavy (non-hydrogen) atoms. The number of rotatable bonds is 5. The van der Waals surface area contributed by atoms with Gasteiger partial charge in [0.2, 0.25) is 0 Å². The third-order valence-electron chi connectivity index (χ3n) is 2.56. The molecule has 0 aromatic heterocycles. The van der Waals surface area contributed by atoms with E-state index in [1.807, 2.05) is 6.92 Å². The van der Waals surface area contributed by atoms with Crippen LogP contribution >= 0.6 is 11.6 Å². The zero-order valence-corrected chi connectivity index (χ0v) is 9.70. The lowest BCUT2D eigenvalue weighted by Gasteiger charge is -2.33. The second-order valence-corrected chi connectivity index (χ2v) is 4.65. The van der Waals surface area contributed by atoms with Crippen molar-refractivity contribution in [2.75, 3.05) is 0 Å². The van der Waals surface area contributed by atoms with Gasteiger partial charge in [-0.25, -0.2) is 0 Å². The summed E-state index contributed by atoms with van der Waals surface area (Å²) in [5.74, 6) is 0. The fourth-order valence-electron chi connectivity index (χ4n) is 1.13. The molecule has 0 aromatic rings. The van der Waals surface area contributed by atoms with Gasteiger partial charge < -0.3 is 5.32 Å². The van der Waals surface area contributed by atoms with Gasteiger partial charge in [0, 0.05) is 17.0 Å². The molecule has 0 amide bonds. The van der Waals surface area contributed by atoms with Crippen molar-refractivity contribution in [2.24, 2.45) is 0 Å². The van der Waals surface area contributed by atoms with E-state index >= 15 is 0 Å². The summed E-state index contributed by atoms with van der Waals surface area (Å²) >= 11 is 6.06. The number of nitrogens with one attached hydrogen (secondary N) is 1. The van der Waals surface area contributed by atoms with Gasteiger partial charge in [-0.3, -0.25) is 0 Å².